The van der Waals surface area contributed by atoms with Crippen LogP contribution in [0.3, 0.4) is 0 Å². The van der Waals surface area contributed by atoms with Crippen molar-refractivity contribution in [2.24, 2.45) is 0 Å². The summed E-state index contributed by atoms with van der Waals surface area (Å²) in [7, 11) is 0. The van der Waals surface area contributed by atoms with E-state index in [2.05, 4.69) is 5.32 Å². The molecular formula is C12H20N2O6. The highest BCUT2D eigenvalue weighted by atomic mass is 16.4. The summed E-state index contributed by atoms with van der Waals surface area (Å²) in [4.78, 5) is 34.9. The maximum atomic E-state index is 12.0. The zero-order chi connectivity index (χ0) is 15.1. The molecule has 0 aromatic carbocycles. The van der Waals surface area contributed by atoms with Gasteiger partial charge >= 0.3 is 18.0 Å². The summed E-state index contributed by atoms with van der Waals surface area (Å²) in [5.41, 5.74) is 0. The van der Waals surface area contributed by atoms with Gasteiger partial charge in [-0.15, -0.1) is 0 Å². The lowest BCUT2D eigenvalue weighted by molar-refractivity contribution is -0.140. The Bertz CT molecular complexity index is 373. The number of carboxylic acids is 2. The average molecular weight is 288 g/mol. The molecule has 0 saturated carbocycles. The Kier molecular flexibility index (Phi) is 6.23. The van der Waals surface area contributed by atoms with Gasteiger partial charge in [-0.2, -0.15) is 0 Å². The van der Waals surface area contributed by atoms with E-state index in [1.54, 1.807) is 0 Å². The molecule has 114 valence electrons. The van der Waals surface area contributed by atoms with Crippen LogP contribution < -0.4 is 5.32 Å². The molecule has 0 aliphatic carbocycles. The number of carboxylic acid groups (broad SMARTS) is 2. The van der Waals surface area contributed by atoms with Crippen LogP contribution in [0.5, 0.6) is 0 Å². The van der Waals surface area contributed by atoms with Crippen LogP contribution in [-0.2, 0) is 9.59 Å². The number of urea groups is 1. The number of amides is 2. The summed E-state index contributed by atoms with van der Waals surface area (Å²) in [5, 5.41) is 29.1. The van der Waals surface area contributed by atoms with Crippen molar-refractivity contribution in [3.8, 4) is 0 Å². The molecule has 2 unspecified atom stereocenters. The lowest BCUT2D eigenvalue weighted by Crippen LogP contribution is -2.54. The molecule has 2 atom stereocenters. The van der Waals surface area contributed by atoms with Crippen molar-refractivity contribution in [1.29, 1.82) is 0 Å². The molecule has 8 heteroatoms. The summed E-state index contributed by atoms with van der Waals surface area (Å²) >= 11 is 0. The highest BCUT2D eigenvalue weighted by Crippen LogP contribution is 2.16. The Balaban J connectivity index is 2.59. The van der Waals surface area contributed by atoms with Crippen molar-refractivity contribution in [2.45, 2.75) is 44.2 Å². The minimum atomic E-state index is -1.27. The molecule has 0 bridgehead atoms. The van der Waals surface area contributed by atoms with Gasteiger partial charge in [-0.3, -0.25) is 4.79 Å². The molecule has 1 saturated heterocycles. The van der Waals surface area contributed by atoms with Crippen LogP contribution in [0.2, 0.25) is 0 Å². The van der Waals surface area contributed by atoms with E-state index in [-0.39, 0.29) is 25.5 Å². The van der Waals surface area contributed by atoms with Gasteiger partial charge in [0.1, 0.15) is 6.04 Å². The van der Waals surface area contributed by atoms with Crippen LogP contribution >= 0.6 is 0 Å². The molecule has 2 amide bonds. The quantitative estimate of drug-likeness (QED) is 0.539. The number of piperidine rings is 1. The topological polar surface area (TPSA) is 127 Å². The number of aliphatic hydroxyl groups is 1. The fourth-order valence-electron chi connectivity index (χ4n) is 2.21. The number of nitrogens with zero attached hydrogens (tertiary/aromatic N) is 1. The van der Waals surface area contributed by atoms with Gasteiger partial charge in [0.05, 0.1) is 12.6 Å². The van der Waals surface area contributed by atoms with Crippen LogP contribution in [0.15, 0.2) is 0 Å². The Morgan fingerprint density at radius 2 is 1.95 bits per heavy atom. The molecule has 0 radical (unpaired) electrons. The van der Waals surface area contributed by atoms with E-state index in [0.717, 1.165) is 12.8 Å². The highest BCUT2D eigenvalue weighted by Gasteiger charge is 2.29. The first-order chi connectivity index (χ1) is 9.45. The van der Waals surface area contributed by atoms with Gasteiger partial charge in [0.25, 0.3) is 0 Å². The molecule has 1 aliphatic rings. The number of carbonyl (C=O) groups excluding carboxylic acids is 1. The summed E-state index contributed by atoms with van der Waals surface area (Å²) in [6.07, 6.45) is 1.89. The highest BCUT2D eigenvalue weighted by molar-refractivity contribution is 5.83. The number of aliphatic carboxylic acids is 2. The van der Waals surface area contributed by atoms with Crippen LogP contribution in [0.4, 0.5) is 4.79 Å². The molecule has 0 aromatic heterocycles. The molecule has 8 nitrogen and oxygen atoms in total. The minimum absolute atomic E-state index is 0.166. The smallest absolute Gasteiger partial charge is 0.326 e. The molecule has 0 aromatic rings. The number of likely N-dealkylation sites (tertiary alicyclic amines) is 1. The van der Waals surface area contributed by atoms with Gasteiger partial charge in [-0.05, 0) is 25.7 Å². The lowest BCUT2D eigenvalue weighted by Gasteiger charge is -2.35. The third-order valence-electron chi connectivity index (χ3n) is 3.34. The Labute approximate surface area is 116 Å². The SMILES string of the molecule is O=C(O)CCC(NC(=O)N1CCCCC1CO)C(=O)O. The van der Waals surface area contributed by atoms with Crippen LogP contribution in [-0.4, -0.2) is 63.4 Å². The fraction of sp³-hybridized carbons (Fsp3) is 0.750. The standard InChI is InChI=1S/C12H20N2O6/c15-7-8-3-1-2-6-14(8)12(20)13-9(11(18)19)4-5-10(16)17/h8-9,15H,1-7H2,(H,13,20)(H,16,17)(H,18,19). The second-order valence-electron chi connectivity index (χ2n) is 4.80. The van der Waals surface area contributed by atoms with Crippen molar-refractivity contribution >= 4 is 18.0 Å². The minimum Gasteiger partial charge on any atom is -0.481 e. The van der Waals surface area contributed by atoms with E-state index in [0.29, 0.717) is 13.0 Å². The summed E-state index contributed by atoms with van der Waals surface area (Å²) in [5.74, 6) is -2.38. The van der Waals surface area contributed by atoms with Gasteiger partial charge in [0.15, 0.2) is 0 Å². The average Bonchev–Trinajstić information content (AvgIpc) is 2.42. The lowest BCUT2D eigenvalue weighted by atomic mass is 10.0. The number of carbonyl (C=O) groups is 3. The number of rotatable bonds is 6. The Morgan fingerprint density at radius 1 is 1.25 bits per heavy atom. The maximum Gasteiger partial charge on any atom is 0.326 e. The molecule has 20 heavy (non-hydrogen) atoms. The summed E-state index contributed by atoms with van der Waals surface area (Å²) in [6, 6.07) is -2.11. The van der Waals surface area contributed by atoms with Crippen LogP contribution in [0, 0.1) is 0 Å². The molecule has 1 aliphatic heterocycles. The zero-order valence-electron chi connectivity index (χ0n) is 11.1. The summed E-state index contributed by atoms with van der Waals surface area (Å²) in [6.45, 7) is 0.294. The van der Waals surface area contributed by atoms with E-state index in [4.69, 9.17) is 10.2 Å². The monoisotopic (exact) mass is 288 g/mol. The van der Waals surface area contributed by atoms with Crippen LogP contribution in [0.25, 0.3) is 0 Å². The second kappa shape index (κ2) is 7.68. The number of hydrogen-bond donors (Lipinski definition) is 4. The third-order valence-corrected chi connectivity index (χ3v) is 3.34. The van der Waals surface area contributed by atoms with E-state index in [1.165, 1.54) is 4.90 Å². The predicted octanol–water partition coefficient (Wildman–Crippen LogP) is -0.139. The maximum absolute atomic E-state index is 12.0. The first kappa shape index (κ1) is 16.2. The van der Waals surface area contributed by atoms with Crippen LogP contribution in [0.1, 0.15) is 32.1 Å². The van der Waals surface area contributed by atoms with Gasteiger partial charge in [-0.25, -0.2) is 9.59 Å². The van der Waals surface area contributed by atoms with Gasteiger partial charge in [0, 0.05) is 13.0 Å². The largest absolute Gasteiger partial charge is 0.481 e. The van der Waals surface area contributed by atoms with Crippen molar-refractivity contribution < 1.29 is 29.7 Å². The van der Waals surface area contributed by atoms with E-state index in [1.807, 2.05) is 0 Å². The molecule has 1 rings (SSSR count). The number of nitrogens with one attached hydrogen (secondary N) is 1. The Hall–Kier alpha value is -1.83. The zero-order valence-corrected chi connectivity index (χ0v) is 11.1. The van der Waals surface area contributed by atoms with Crippen molar-refractivity contribution in [2.75, 3.05) is 13.2 Å². The van der Waals surface area contributed by atoms with Crippen molar-refractivity contribution in [3.63, 3.8) is 0 Å². The summed E-state index contributed by atoms with van der Waals surface area (Å²) < 4.78 is 0. The fourth-order valence-corrected chi connectivity index (χ4v) is 2.21. The normalized spacial score (nSPS) is 20.2. The third kappa shape index (κ3) is 4.69. The first-order valence-corrected chi connectivity index (χ1v) is 6.58. The molecule has 1 heterocycles. The van der Waals surface area contributed by atoms with E-state index < -0.39 is 24.0 Å². The van der Waals surface area contributed by atoms with Gasteiger partial charge < -0.3 is 25.5 Å². The predicted molar refractivity (Wildman–Crippen MR) is 68.3 cm³/mol. The molecule has 4 N–H and O–H groups in total. The molecular weight excluding hydrogens is 268 g/mol. The first-order valence-electron chi connectivity index (χ1n) is 6.58. The Morgan fingerprint density at radius 3 is 2.50 bits per heavy atom. The van der Waals surface area contributed by atoms with Crippen molar-refractivity contribution in [1.82, 2.24) is 10.2 Å². The number of aliphatic hydroxyl groups excluding tert-OH is 1. The second-order valence-corrected chi connectivity index (χ2v) is 4.80. The molecule has 0 spiro atoms. The van der Waals surface area contributed by atoms with Gasteiger partial charge in [-0.1, -0.05) is 0 Å². The molecule has 1 fully saturated rings. The van der Waals surface area contributed by atoms with E-state index >= 15 is 0 Å². The van der Waals surface area contributed by atoms with E-state index in [9.17, 15) is 19.5 Å². The number of hydrogen-bond acceptors (Lipinski definition) is 4. The van der Waals surface area contributed by atoms with Crippen molar-refractivity contribution in [3.05, 3.63) is 0 Å². The van der Waals surface area contributed by atoms with Gasteiger partial charge in [0.2, 0.25) is 0 Å².